The zero-order valence-electron chi connectivity index (χ0n) is 6.30. The maximum atomic E-state index is 11.0. The highest BCUT2D eigenvalue weighted by molar-refractivity contribution is 5.80. The number of hydrogen-bond donors (Lipinski definition) is 0. The van der Waals surface area contributed by atoms with Crippen molar-refractivity contribution < 1.29 is 4.79 Å². The van der Waals surface area contributed by atoms with Gasteiger partial charge < -0.3 is 4.57 Å². The largest absolute Gasteiger partial charge is 0.303 e. The molecule has 0 N–H and O–H groups in total. The van der Waals surface area contributed by atoms with Gasteiger partial charge in [-0.1, -0.05) is 0 Å². The normalized spacial score (nSPS) is 9.33. The summed E-state index contributed by atoms with van der Waals surface area (Å²) in [6.45, 7) is 2.98. The van der Waals surface area contributed by atoms with E-state index in [1.165, 1.54) is 17.0 Å². The van der Waals surface area contributed by atoms with Crippen LogP contribution in [0.3, 0.4) is 0 Å². The first kappa shape index (κ1) is 8.32. The summed E-state index contributed by atoms with van der Waals surface area (Å²) in [7, 11) is 0. The highest BCUT2D eigenvalue weighted by Crippen LogP contribution is 1.81. The van der Waals surface area contributed by atoms with Crippen molar-refractivity contribution in [3.05, 3.63) is 28.9 Å². The van der Waals surface area contributed by atoms with Gasteiger partial charge in [0.15, 0.2) is 0 Å². The lowest BCUT2D eigenvalue weighted by Gasteiger charge is -1.98. The number of aromatic nitrogens is 2. The van der Waals surface area contributed by atoms with Crippen LogP contribution in [0.2, 0.25) is 0 Å². The first-order valence-corrected chi connectivity index (χ1v) is 3.24. The molecule has 0 aliphatic carbocycles. The second-order valence-corrected chi connectivity index (χ2v) is 2.09. The molecule has 1 heterocycles. The fraction of sp³-hybridized carbons (Fsp3) is 0.143. The van der Waals surface area contributed by atoms with E-state index in [0.29, 0.717) is 0 Å². The summed E-state index contributed by atoms with van der Waals surface area (Å²) in [5.41, 5.74) is -0.325. The Balaban J connectivity index is 2.90. The van der Waals surface area contributed by atoms with Crippen LogP contribution < -0.4 is 5.56 Å². The third kappa shape index (κ3) is 1.85. The van der Waals surface area contributed by atoms with Crippen LogP contribution in [0.25, 0.3) is 0 Å². The van der Waals surface area contributed by atoms with Crippen LogP contribution in [0.4, 0.5) is 0 Å². The van der Waals surface area contributed by atoms with Gasteiger partial charge >= 0.3 is 0 Å². The second kappa shape index (κ2) is 3.56. The summed E-state index contributed by atoms with van der Waals surface area (Å²) >= 11 is 0. The van der Waals surface area contributed by atoms with Gasteiger partial charge in [-0.05, 0) is 6.72 Å². The third-order valence-corrected chi connectivity index (χ3v) is 1.28. The van der Waals surface area contributed by atoms with Gasteiger partial charge in [-0.15, -0.1) is 0 Å². The number of rotatable bonds is 2. The molecule has 12 heavy (non-hydrogen) atoms. The molecule has 1 aromatic rings. The molecule has 0 aliphatic rings. The molecule has 0 bridgehead atoms. The minimum atomic E-state index is -0.441. The van der Waals surface area contributed by atoms with Crippen molar-refractivity contribution in [3.8, 4) is 0 Å². The molecule has 1 rings (SSSR count). The minimum Gasteiger partial charge on any atom is -0.303 e. The van der Waals surface area contributed by atoms with Crippen molar-refractivity contribution in [2.45, 2.75) is 6.54 Å². The Morgan fingerprint density at radius 3 is 3.08 bits per heavy atom. The summed E-state index contributed by atoms with van der Waals surface area (Å²) in [6, 6.07) is 0. The second-order valence-electron chi connectivity index (χ2n) is 2.09. The van der Waals surface area contributed by atoms with Crippen LogP contribution in [0, 0.1) is 0 Å². The van der Waals surface area contributed by atoms with Gasteiger partial charge in [0, 0.05) is 12.4 Å². The predicted octanol–water partition coefficient (Wildman–Crippen LogP) is -0.530. The Hall–Kier alpha value is -1.78. The van der Waals surface area contributed by atoms with E-state index in [4.69, 9.17) is 0 Å². The molecule has 0 aromatic carbocycles. The average Bonchev–Trinajstić information content (AvgIpc) is 2.09. The summed E-state index contributed by atoms with van der Waals surface area (Å²) in [5.74, 6) is -0.441. The van der Waals surface area contributed by atoms with Crippen LogP contribution >= 0.6 is 0 Å². The van der Waals surface area contributed by atoms with Crippen molar-refractivity contribution in [2.24, 2.45) is 4.99 Å². The monoisotopic (exact) mass is 165 g/mol. The Kier molecular flexibility index (Phi) is 2.47. The van der Waals surface area contributed by atoms with Gasteiger partial charge in [0.25, 0.3) is 11.5 Å². The smallest absolute Gasteiger partial charge is 0.269 e. The van der Waals surface area contributed by atoms with Crippen LogP contribution in [0.15, 0.2) is 28.4 Å². The van der Waals surface area contributed by atoms with E-state index in [1.807, 2.05) is 0 Å². The maximum absolute atomic E-state index is 11.0. The summed E-state index contributed by atoms with van der Waals surface area (Å²) < 4.78 is 1.21. The van der Waals surface area contributed by atoms with Crippen molar-refractivity contribution in [3.63, 3.8) is 0 Å². The molecule has 0 unspecified atom stereocenters. The highest BCUT2D eigenvalue weighted by Gasteiger charge is 1.99. The minimum absolute atomic E-state index is 0.0785. The standard InChI is InChI=1S/C7H7N3O2/c1-8-6(11)5-10-3-2-9-4-7(10)12/h2-4H,1,5H2. The predicted molar refractivity (Wildman–Crippen MR) is 43.1 cm³/mol. The fourth-order valence-electron chi connectivity index (χ4n) is 0.700. The van der Waals surface area contributed by atoms with Gasteiger partial charge in [-0.25, -0.2) is 4.99 Å². The molecule has 0 aliphatic heterocycles. The number of hydrogen-bond acceptors (Lipinski definition) is 3. The third-order valence-electron chi connectivity index (χ3n) is 1.28. The van der Waals surface area contributed by atoms with Gasteiger partial charge in [0.2, 0.25) is 0 Å². The summed E-state index contributed by atoms with van der Waals surface area (Å²) in [5, 5.41) is 0. The van der Waals surface area contributed by atoms with Gasteiger partial charge in [-0.2, -0.15) is 0 Å². The first-order valence-electron chi connectivity index (χ1n) is 3.24. The Bertz CT molecular complexity index is 356. The molecule has 5 heteroatoms. The van der Waals surface area contributed by atoms with E-state index in [0.717, 1.165) is 6.20 Å². The van der Waals surface area contributed by atoms with Crippen molar-refractivity contribution in [1.29, 1.82) is 0 Å². The van der Waals surface area contributed by atoms with Crippen LogP contribution in [0.1, 0.15) is 0 Å². The first-order chi connectivity index (χ1) is 5.74. The van der Waals surface area contributed by atoms with Gasteiger partial charge in [-0.3, -0.25) is 14.6 Å². The molecular weight excluding hydrogens is 158 g/mol. The molecule has 62 valence electrons. The average molecular weight is 165 g/mol. The number of carbonyl (C=O) groups is 1. The Labute approximate surface area is 68.4 Å². The topological polar surface area (TPSA) is 64.3 Å². The molecular formula is C7H7N3O2. The molecule has 0 fully saturated rings. The molecule has 0 spiro atoms. The van der Waals surface area contributed by atoms with Gasteiger partial charge in [0.05, 0.1) is 6.20 Å². The van der Waals surface area contributed by atoms with E-state index in [-0.39, 0.29) is 12.1 Å². The maximum Gasteiger partial charge on any atom is 0.269 e. The number of carbonyl (C=O) groups excluding carboxylic acids is 1. The van der Waals surface area contributed by atoms with Crippen molar-refractivity contribution >= 4 is 12.6 Å². The zero-order valence-corrected chi connectivity index (χ0v) is 6.30. The number of amides is 1. The number of nitrogens with zero attached hydrogens (tertiary/aromatic N) is 3. The molecule has 0 saturated heterocycles. The Morgan fingerprint density at radius 2 is 2.50 bits per heavy atom. The highest BCUT2D eigenvalue weighted by atomic mass is 16.2. The lowest BCUT2D eigenvalue weighted by Crippen LogP contribution is -2.22. The zero-order chi connectivity index (χ0) is 8.97. The molecule has 1 amide bonds. The summed E-state index contributed by atoms with van der Waals surface area (Å²) in [6.07, 6.45) is 3.99. The van der Waals surface area contributed by atoms with E-state index in [9.17, 15) is 9.59 Å². The number of aliphatic imine (C=N–C) groups is 1. The van der Waals surface area contributed by atoms with Gasteiger partial charge in [0.1, 0.15) is 6.54 Å². The van der Waals surface area contributed by atoms with Crippen molar-refractivity contribution in [1.82, 2.24) is 9.55 Å². The molecule has 0 saturated carbocycles. The van der Waals surface area contributed by atoms with E-state index >= 15 is 0 Å². The SMILES string of the molecule is C=NC(=O)Cn1ccncc1=O. The van der Waals surface area contributed by atoms with E-state index in [2.05, 4.69) is 16.7 Å². The quantitative estimate of drug-likeness (QED) is 0.553. The van der Waals surface area contributed by atoms with Crippen LogP contribution in [-0.4, -0.2) is 22.2 Å². The molecule has 0 radical (unpaired) electrons. The molecule has 1 aromatic heterocycles. The lowest BCUT2D eigenvalue weighted by molar-refractivity contribution is -0.118. The molecule has 5 nitrogen and oxygen atoms in total. The fourth-order valence-corrected chi connectivity index (χ4v) is 0.700. The Morgan fingerprint density at radius 1 is 1.75 bits per heavy atom. The van der Waals surface area contributed by atoms with E-state index < -0.39 is 5.91 Å². The van der Waals surface area contributed by atoms with E-state index in [1.54, 1.807) is 0 Å². The lowest BCUT2D eigenvalue weighted by atomic mass is 10.5. The van der Waals surface area contributed by atoms with Crippen molar-refractivity contribution in [2.75, 3.05) is 0 Å². The summed E-state index contributed by atoms with van der Waals surface area (Å²) in [4.78, 5) is 28.4. The van der Waals surface area contributed by atoms with Crippen LogP contribution in [-0.2, 0) is 11.3 Å². The van der Waals surface area contributed by atoms with Crippen LogP contribution in [0.5, 0.6) is 0 Å². The molecule has 0 atom stereocenters.